The van der Waals surface area contributed by atoms with Gasteiger partial charge in [0, 0.05) is 11.6 Å². The average molecular weight is 242 g/mol. The lowest BCUT2D eigenvalue weighted by molar-refractivity contribution is 0.197. The Balaban J connectivity index is 1.91. The summed E-state index contributed by atoms with van der Waals surface area (Å²) >= 11 is 5.87. The van der Waals surface area contributed by atoms with Crippen LogP contribution in [-0.4, -0.2) is 31.2 Å². The molecule has 0 N–H and O–H groups in total. The molecule has 3 heteroatoms. The van der Waals surface area contributed by atoms with E-state index in [2.05, 4.69) is 17.0 Å². The van der Waals surface area contributed by atoms with Gasteiger partial charge >= 0.3 is 0 Å². The molecule has 1 aliphatic heterocycles. The van der Waals surface area contributed by atoms with Crippen molar-refractivity contribution in [1.82, 2.24) is 4.90 Å². The summed E-state index contributed by atoms with van der Waals surface area (Å²) in [7, 11) is 0. The first-order chi connectivity index (χ1) is 7.79. The van der Waals surface area contributed by atoms with Gasteiger partial charge in [0.2, 0.25) is 0 Å². The van der Waals surface area contributed by atoms with Gasteiger partial charge in [0.25, 0.3) is 0 Å². The van der Waals surface area contributed by atoms with E-state index in [1.165, 1.54) is 5.56 Å². The number of benzene rings is 1. The van der Waals surface area contributed by atoms with Crippen LogP contribution < -0.4 is 0 Å². The largest absolute Gasteiger partial charge is 0.301 e. The fourth-order valence-electron chi connectivity index (χ4n) is 2.34. The normalized spacial score (nSPS) is 18.9. The minimum absolute atomic E-state index is 0.231. The quantitative estimate of drug-likeness (QED) is 0.783. The molecule has 0 unspecified atom stereocenters. The number of piperidine rings is 1. The number of hydrogen-bond acceptors (Lipinski definition) is 1. The Morgan fingerprint density at radius 3 is 2.38 bits per heavy atom. The van der Waals surface area contributed by atoms with Gasteiger partial charge in [-0.2, -0.15) is 0 Å². The molecule has 0 saturated carbocycles. The van der Waals surface area contributed by atoms with Crippen LogP contribution in [0.25, 0.3) is 0 Å². The van der Waals surface area contributed by atoms with Gasteiger partial charge in [0.05, 0.1) is 0 Å². The summed E-state index contributed by atoms with van der Waals surface area (Å²) in [6.07, 6.45) is 2.25. The molecule has 1 aromatic carbocycles. The fraction of sp³-hybridized carbons (Fsp3) is 0.538. The lowest BCUT2D eigenvalue weighted by Gasteiger charge is -2.31. The average Bonchev–Trinajstić information content (AvgIpc) is 2.32. The van der Waals surface area contributed by atoms with E-state index in [0.29, 0.717) is 12.5 Å². The van der Waals surface area contributed by atoms with Crippen molar-refractivity contribution in [2.75, 3.05) is 26.3 Å². The van der Waals surface area contributed by atoms with Crippen LogP contribution in [0.4, 0.5) is 4.39 Å². The second-order valence-corrected chi connectivity index (χ2v) is 4.79. The molecule has 88 valence electrons. The zero-order valence-corrected chi connectivity index (χ0v) is 10.1. The van der Waals surface area contributed by atoms with Crippen molar-refractivity contribution in [3.63, 3.8) is 0 Å². The Morgan fingerprint density at radius 1 is 1.19 bits per heavy atom. The number of halogens is 2. The molecule has 1 fully saturated rings. The highest BCUT2D eigenvalue weighted by molar-refractivity contribution is 6.30. The van der Waals surface area contributed by atoms with Gasteiger partial charge in [-0.15, -0.1) is 0 Å². The predicted octanol–water partition coefficient (Wildman–Crippen LogP) is 3.49. The van der Waals surface area contributed by atoms with Gasteiger partial charge in [-0.1, -0.05) is 23.7 Å². The van der Waals surface area contributed by atoms with E-state index in [1.807, 2.05) is 12.1 Å². The van der Waals surface area contributed by atoms with Gasteiger partial charge in [-0.3, -0.25) is 0 Å². The van der Waals surface area contributed by atoms with Crippen LogP contribution in [0.2, 0.25) is 5.02 Å². The molecule has 1 saturated heterocycles. The maximum atomic E-state index is 12.2. The lowest BCUT2D eigenvalue weighted by Crippen LogP contribution is -2.34. The Hall–Kier alpha value is -0.600. The number of hydrogen-bond donors (Lipinski definition) is 0. The summed E-state index contributed by atoms with van der Waals surface area (Å²) in [5.74, 6) is 0.619. The predicted molar refractivity (Wildman–Crippen MR) is 65.8 cm³/mol. The van der Waals surface area contributed by atoms with Crippen molar-refractivity contribution in [3.05, 3.63) is 34.9 Å². The molecule has 0 aromatic heterocycles. The smallest absolute Gasteiger partial charge is 0.102 e. The van der Waals surface area contributed by atoms with Crippen molar-refractivity contribution in [1.29, 1.82) is 0 Å². The van der Waals surface area contributed by atoms with Gasteiger partial charge in [0.1, 0.15) is 6.67 Å². The molecular formula is C13H17ClFN. The molecule has 1 aliphatic rings. The van der Waals surface area contributed by atoms with Crippen LogP contribution in [0, 0.1) is 0 Å². The molecule has 0 spiro atoms. The van der Waals surface area contributed by atoms with Gasteiger partial charge in [-0.05, 0) is 49.5 Å². The summed E-state index contributed by atoms with van der Waals surface area (Å²) in [4.78, 5) is 2.20. The first-order valence-electron chi connectivity index (χ1n) is 5.83. The van der Waals surface area contributed by atoms with E-state index in [-0.39, 0.29) is 6.67 Å². The van der Waals surface area contributed by atoms with E-state index in [9.17, 15) is 4.39 Å². The summed E-state index contributed by atoms with van der Waals surface area (Å²) < 4.78 is 12.2. The minimum atomic E-state index is -0.231. The van der Waals surface area contributed by atoms with Gasteiger partial charge in [-0.25, -0.2) is 4.39 Å². The fourth-order valence-corrected chi connectivity index (χ4v) is 2.47. The summed E-state index contributed by atoms with van der Waals surface area (Å²) in [5.41, 5.74) is 1.37. The van der Waals surface area contributed by atoms with Gasteiger partial charge < -0.3 is 4.90 Å². The van der Waals surface area contributed by atoms with Crippen LogP contribution >= 0.6 is 11.6 Å². The highest BCUT2D eigenvalue weighted by Crippen LogP contribution is 2.28. The van der Waals surface area contributed by atoms with Crippen molar-refractivity contribution in [2.45, 2.75) is 18.8 Å². The highest BCUT2D eigenvalue weighted by Gasteiger charge is 2.19. The Bertz CT molecular complexity index is 317. The summed E-state index contributed by atoms with van der Waals surface area (Å²) in [6.45, 7) is 2.38. The molecule has 1 nitrogen and oxygen atoms in total. The first-order valence-corrected chi connectivity index (χ1v) is 6.21. The SMILES string of the molecule is FCCN1CCC(c2ccc(Cl)cc2)CC1. The number of likely N-dealkylation sites (tertiary alicyclic amines) is 1. The molecule has 16 heavy (non-hydrogen) atoms. The van der Waals surface area contributed by atoms with Gasteiger partial charge in [0.15, 0.2) is 0 Å². The third-order valence-electron chi connectivity index (χ3n) is 3.33. The molecule has 1 heterocycles. The second-order valence-electron chi connectivity index (χ2n) is 4.36. The topological polar surface area (TPSA) is 3.24 Å². The van der Waals surface area contributed by atoms with E-state index in [0.717, 1.165) is 31.0 Å². The number of alkyl halides is 1. The van der Waals surface area contributed by atoms with E-state index in [4.69, 9.17) is 11.6 Å². The van der Waals surface area contributed by atoms with Crippen molar-refractivity contribution >= 4 is 11.6 Å². The highest BCUT2D eigenvalue weighted by atomic mass is 35.5. The molecule has 2 rings (SSSR count). The molecular weight excluding hydrogens is 225 g/mol. The minimum Gasteiger partial charge on any atom is -0.301 e. The van der Waals surface area contributed by atoms with Crippen molar-refractivity contribution in [3.8, 4) is 0 Å². The Kier molecular flexibility index (Phi) is 4.19. The van der Waals surface area contributed by atoms with Crippen LogP contribution in [0.3, 0.4) is 0 Å². The molecule has 0 aliphatic carbocycles. The number of rotatable bonds is 3. The third-order valence-corrected chi connectivity index (χ3v) is 3.58. The lowest BCUT2D eigenvalue weighted by atomic mass is 9.89. The Morgan fingerprint density at radius 2 is 1.81 bits per heavy atom. The number of nitrogens with zero attached hydrogens (tertiary/aromatic N) is 1. The van der Waals surface area contributed by atoms with Crippen molar-refractivity contribution < 1.29 is 4.39 Å². The van der Waals surface area contributed by atoms with Crippen LogP contribution in [-0.2, 0) is 0 Å². The van der Waals surface area contributed by atoms with Crippen LogP contribution in [0.5, 0.6) is 0 Å². The van der Waals surface area contributed by atoms with Crippen LogP contribution in [0.15, 0.2) is 24.3 Å². The standard InChI is InChI=1S/C13H17ClFN/c14-13-3-1-11(2-4-13)12-5-8-16(9-6-12)10-7-15/h1-4,12H,5-10H2. The monoisotopic (exact) mass is 241 g/mol. The molecule has 0 radical (unpaired) electrons. The Labute approximate surface area is 101 Å². The second kappa shape index (κ2) is 5.65. The maximum Gasteiger partial charge on any atom is 0.102 e. The molecule has 1 aromatic rings. The molecule has 0 atom stereocenters. The first kappa shape index (κ1) is 11.9. The van der Waals surface area contributed by atoms with E-state index < -0.39 is 0 Å². The third kappa shape index (κ3) is 2.96. The van der Waals surface area contributed by atoms with E-state index in [1.54, 1.807) is 0 Å². The molecule has 0 amide bonds. The maximum absolute atomic E-state index is 12.2. The zero-order chi connectivity index (χ0) is 11.4. The molecule has 0 bridgehead atoms. The van der Waals surface area contributed by atoms with Crippen molar-refractivity contribution in [2.24, 2.45) is 0 Å². The summed E-state index contributed by atoms with van der Waals surface area (Å²) in [5, 5.41) is 0.790. The van der Waals surface area contributed by atoms with E-state index >= 15 is 0 Å². The van der Waals surface area contributed by atoms with Crippen LogP contribution in [0.1, 0.15) is 24.3 Å². The summed E-state index contributed by atoms with van der Waals surface area (Å²) in [6, 6.07) is 8.12. The zero-order valence-electron chi connectivity index (χ0n) is 9.33.